The minimum absolute atomic E-state index is 0.670. The van der Waals surface area contributed by atoms with Crippen LogP contribution in [0, 0.1) is 0 Å². The number of nitrogens with zero attached hydrogens (tertiary/aromatic N) is 4. The van der Waals surface area contributed by atoms with E-state index >= 15 is 0 Å². The van der Waals surface area contributed by atoms with Crippen LogP contribution < -0.4 is 0 Å². The second-order valence-corrected chi connectivity index (χ2v) is 13.3. The highest BCUT2D eigenvalue weighted by molar-refractivity contribution is 6.36. The van der Waals surface area contributed by atoms with Crippen LogP contribution in [0.15, 0.2) is 158 Å². The van der Waals surface area contributed by atoms with Gasteiger partial charge in [0.1, 0.15) is 0 Å². The Morgan fingerprint density at radius 1 is 0.500 bits per heavy atom. The van der Waals surface area contributed by atoms with Gasteiger partial charge in [0.15, 0.2) is 0 Å². The van der Waals surface area contributed by atoms with Crippen molar-refractivity contribution in [3.8, 4) is 17.1 Å². The van der Waals surface area contributed by atoms with Crippen molar-refractivity contribution in [1.29, 1.82) is 0 Å². The van der Waals surface area contributed by atoms with Crippen LogP contribution in [-0.2, 0) is 0 Å². The van der Waals surface area contributed by atoms with Crippen molar-refractivity contribution in [3.05, 3.63) is 158 Å². The number of benzene rings is 7. The van der Waals surface area contributed by atoms with E-state index in [-0.39, 0.29) is 0 Å². The molecule has 0 unspecified atom stereocenters. The fraction of sp³-hybridized carbons (Fsp3) is 0.0435. The molecule has 0 amide bonds. The van der Waals surface area contributed by atoms with Gasteiger partial charge in [-0.15, -0.1) is 0 Å². The molecule has 1 aliphatic carbocycles. The molecule has 234 valence electrons. The summed E-state index contributed by atoms with van der Waals surface area (Å²) < 4.78 is 4.78. The Labute approximate surface area is 287 Å². The highest BCUT2D eigenvalue weighted by Crippen LogP contribution is 2.46. The molecule has 0 radical (unpaired) electrons. The van der Waals surface area contributed by atoms with Crippen LogP contribution in [0.2, 0.25) is 0 Å². The maximum atomic E-state index is 5.30. The zero-order valence-electron chi connectivity index (χ0n) is 27.2. The van der Waals surface area contributed by atoms with Crippen LogP contribution in [-0.4, -0.2) is 19.1 Å². The average Bonchev–Trinajstić information content (AvgIpc) is 3.72. The molecule has 3 aromatic heterocycles. The molecule has 0 spiro atoms. The zero-order chi connectivity index (χ0) is 32.8. The normalized spacial score (nSPS) is 13.5. The van der Waals surface area contributed by atoms with Crippen LogP contribution in [0.3, 0.4) is 0 Å². The molecular formula is C46H30N4. The second-order valence-electron chi connectivity index (χ2n) is 13.3. The van der Waals surface area contributed by atoms with Crippen LogP contribution in [0.25, 0.3) is 98.8 Å². The van der Waals surface area contributed by atoms with E-state index in [1.807, 2.05) is 6.20 Å². The van der Waals surface area contributed by atoms with E-state index in [1.54, 1.807) is 0 Å². The lowest BCUT2D eigenvalue weighted by Crippen LogP contribution is -2.04. The highest BCUT2D eigenvalue weighted by atomic mass is 15.2. The third-order valence-corrected chi connectivity index (χ3v) is 10.5. The molecule has 1 aliphatic rings. The Balaban J connectivity index is 1.24. The average molecular weight is 639 g/mol. The van der Waals surface area contributed by atoms with Crippen molar-refractivity contribution in [2.45, 2.75) is 12.8 Å². The van der Waals surface area contributed by atoms with Gasteiger partial charge in [0.05, 0.1) is 27.6 Å². The second kappa shape index (κ2) is 10.5. The van der Waals surface area contributed by atoms with Gasteiger partial charge in [-0.25, -0.2) is 9.97 Å². The van der Waals surface area contributed by atoms with Crippen molar-refractivity contribution < 1.29 is 0 Å². The third-order valence-electron chi connectivity index (χ3n) is 10.5. The predicted octanol–water partition coefficient (Wildman–Crippen LogP) is 12.0. The molecule has 4 nitrogen and oxygen atoms in total. The number of fused-ring (bicyclic) bond motifs is 12. The maximum Gasteiger partial charge on any atom is 0.235 e. The van der Waals surface area contributed by atoms with E-state index in [0.717, 1.165) is 40.3 Å². The Morgan fingerprint density at radius 3 is 1.82 bits per heavy atom. The molecule has 3 heterocycles. The lowest BCUT2D eigenvalue weighted by Gasteiger charge is -2.15. The Kier molecular flexibility index (Phi) is 5.75. The molecular weight excluding hydrogens is 609 g/mol. The minimum Gasteiger partial charge on any atom is -0.307 e. The van der Waals surface area contributed by atoms with Gasteiger partial charge in [-0.1, -0.05) is 115 Å². The third kappa shape index (κ3) is 3.87. The summed E-state index contributed by atoms with van der Waals surface area (Å²) in [6.07, 6.45) is 11.0. The summed E-state index contributed by atoms with van der Waals surface area (Å²) in [4.78, 5) is 10.4. The van der Waals surface area contributed by atoms with E-state index < -0.39 is 0 Å². The molecule has 11 rings (SSSR count). The zero-order valence-corrected chi connectivity index (χ0v) is 27.2. The van der Waals surface area contributed by atoms with Crippen LogP contribution in [0.4, 0.5) is 0 Å². The monoisotopic (exact) mass is 638 g/mol. The predicted molar refractivity (Wildman–Crippen MR) is 210 cm³/mol. The summed E-state index contributed by atoms with van der Waals surface area (Å²) in [7, 11) is 0. The van der Waals surface area contributed by atoms with Gasteiger partial charge < -0.3 is 4.57 Å². The first-order chi connectivity index (χ1) is 24.8. The van der Waals surface area contributed by atoms with Crippen molar-refractivity contribution in [3.63, 3.8) is 0 Å². The van der Waals surface area contributed by atoms with Gasteiger partial charge in [-0.2, -0.15) is 0 Å². The topological polar surface area (TPSA) is 35.6 Å². The lowest BCUT2D eigenvalue weighted by molar-refractivity contribution is 1.01. The highest BCUT2D eigenvalue weighted by Gasteiger charge is 2.25. The summed E-state index contributed by atoms with van der Waals surface area (Å²) >= 11 is 0. The summed E-state index contributed by atoms with van der Waals surface area (Å²) in [6, 6.07) is 48.1. The van der Waals surface area contributed by atoms with Crippen LogP contribution >= 0.6 is 0 Å². The number of rotatable bonds is 3. The molecule has 0 atom stereocenters. The first-order valence-corrected chi connectivity index (χ1v) is 17.3. The maximum absolute atomic E-state index is 5.30. The van der Waals surface area contributed by atoms with E-state index in [0.29, 0.717) is 5.95 Å². The molecule has 0 aliphatic heterocycles. The Morgan fingerprint density at radius 2 is 1.10 bits per heavy atom. The number of aromatic nitrogens is 4. The smallest absolute Gasteiger partial charge is 0.235 e. The Bertz CT molecular complexity index is 3100. The minimum atomic E-state index is 0.670. The molecule has 4 heteroatoms. The summed E-state index contributed by atoms with van der Waals surface area (Å²) in [5.41, 5.74) is 9.07. The van der Waals surface area contributed by atoms with Crippen LogP contribution in [0.5, 0.6) is 0 Å². The quantitative estimate of drug-likeness (QED) is 0.193. The van der Waals surface area contributed by atoms with E-state index in [1.165, 1.54) is 65.4 Å². The number of para-hydroxylation sites is 2. The van der Waals surface area contributed by atoms with E-state index in [2.05, 4.69) is 161 Å². The van der Waals surface area contributed by atoms with Gasteiger partial charge in [0, 0.05) is 38.8 Å². The summed E-state index contributed by atoms with van der Waals surface area (Å²) in [6.45, 7) is 0. The Hall–Kier alpha value is -6.52. The number of allylic oxidation sites excluding steroid dienone is 4. The fourth-order valence-electron chi connectivity index (χ4n) is 8.31. The van der Waals surface area contributed by atoms with E-state index in [4.69, 9.17) is 9.97 Å². The standard InChI is InChI=1S/C46H30N4/c1-2-14-34(15-3-1)49-40-20-10-8-18-37(40)42-35-16-6-7-17-36(35)43-38-19-9-11-21-41(38)50(45(43)44(42)49)46-47-28-33-27-32(24-25-39(33)48-46)31-23-22-29-12-4-5-13-30(29)26-31/h2,4-28H,1,3H2. The van der Waals surface area contributed by atoms with Crippen LogP contribution in [0.1, 0.15) is 12.8 Å². The molecule has 0 saturated heterocycles. The largest absolute Gasteiger partial charge is 0.307 e. The molecule has 0 N–H and O–H groups in total. The first kappa shape index (κ1) is 27.4. The van der Waals surface area contributed by atoms with Crippen molar-refractivity contribution in [2.24, 2.45) is 0 Å². The van der Waals surface area contributed by atoms with Crippen molar-refractivity contribution in [2.75, 3.05) is 0 Å². The van der Waals surface area contributed by atoms with E-state index in [9.17, 15) is 0 Å². The molecule has 0 bridgehead atoms. The molecule has 7 aromatic carbocycles. The number of hydrogen-bond donors (Lipinski definition) is 0. The van der Waals surface area contributed by atoms with Gasteiger partial charge in [0.25, 0.3) is 0 Å². The van der Waals surface area contributed by atoms with Gasteiger partial charge >= 0.3 is 0 Å². The summed E-state index contributed by atoms with van der Waals surface area (Å²) in [5.74, 6) is 0.670. The number of hydrogen-bond acceptors (Lipinski definition) is 2. The molecule has 10 aromatic rings. The fourth-order valence-corrected chi connectivity index (χ4v) is 8.31. The van der Waals surface area contributed by atoms with Gasteiger partial charge in [0.2, 0.25) is 5.95 Å². The molecule has 50 heavy (non-hydrogen) atoms. The van der Waals surface area contributed by atoms with Crippen molar-refractivity contribution in [1.82, 2.24) is 19.1 Å². The summed E-state index contributed by atoms with van der Waals surface area (Å²) in [5, 5.41) is 10.9. The molecule has 0 saturated carbocycles. The lowest BCUT2D eigenvalue weighted by atomic mass is 9.98. The SMILES string of the molecule is C1=CC(n2c3ccccc3c3c4ccccc4c4c5ccccc5n(-c5ncc6cc(-c7ccc8ccccc8c7)ccc6n5)c4c32)=CCC1. The van der Waals surface area contributed by atoms with Crippen molar-refractivity contribution >= 4 is 81.8 Å². The first-order valence-electron chi connectivity index (χ1n) is 17.3. The molecule has 0 fully saturated rings. The van der Waals surface area contributed by atoms with Gasteiger partial charge in [-0.05, 0) is 81.9 Å². The van der Waals surface area contributed by atoms with Gasteiger partial charge in [-0.3, -0.25) is 4.57 Å².